The van der Waals surface area contributed by atoms with E-state index in [4.69, 9.17) is 0 Å². The Morgan fingerprint density at radius 1 is 1.40 bits per heavy atom. The average Bonchev–Trinajstić information content (AvgIpc) is 2.48. The van der Waals surface area contributed by atoms with Gasteiger partial charge in [-0.25, -0.2) is 9.78 Å². The van der Waals surface area contributed by atoms with Gasteiger partial charge < -0.3 is 14.9 Å². The van der Waals surface area contributed by atoms with Crippen molar-refractivity contribution in [2.45, 2.75) is 33.2 Å². The Bertz CT molecular complexity index is 516. The van der Waals surface area contributed by atoms with Crippen molar-refractivity contribution in [1.29, 1.82) is 0 Å². The van der Waals surface area contributed by atoms with Crippen molar-refractivity contribution in [2.75, 3.05) is 31.6 Å². The summed E-state index contributed by atoms with van der Waals surface area (Å²) in [5, 5.41) is 9.50. The predicted octanol–water partition coefficient (Wildman–Crippen LogP) is 1.93. The van der Waals surface area contributed by atoms with Crippen LogP contribution in [0.3, 0.4) is 0 Å². The van der Waals surface area contributed by atoms with Crippen LogP contribution in [0.2, 0.25) is 0 Å². The lowest BCUT2D eigenvalue weighted by Crippen LogP contribution is -2.39. The molecule has 1 aliphatic rings. The minimum atomic E-state index is -0.894. The van der Waals surface area contributed by atoms with Crippen molar-refractivity contribution in [3.8, 4) is 0 Å². The number of likely N-dealkylation sites (N-methyl/N-ethyl adjacent to an activating group) is 1. The number of aromatic carboxylic acids is 1. The maximum absolute atomic E-state index is 11.6. The van der Waals surface area contributed by atoms with Gasteiger partial charge in [0.15, 0.2) is 0 Å². The number of carboxylic acids is 1. The third-order valence-corrected chi connectivity index (χ3v) is 3.86. The van der Waals surface area contributed by atoms with Gasteiger partial charge in [-0.1, -0.05) is 0 Å². The van der Waals surface area contributed by atoms with Gasteiger partial charge in [-0.2, -0.15) is 0 Å². The lowest BCUT2D eigenvalue weighted by molar-refractivity contribution is 0.0696. The third kappa shape index (κ3) is 2.93. The van der Waals surface area contributed by atoms with Crippen LogP contribution < -0.4 is 4.90 Å². The molecule has 110 valence electrons. The van der Waals surface area contributed by atoms with Gasteiger partial charge in [-0.15, -0.1) is 0 Å². The van der Waals surface area contributed by atoms with Gasteiger partial charge in [0.25, 0.3) is 0 Å². The van der Waals surface area contributed by atoms with Crippen molar-refractivity contribution in [1.82, 2.24) is 9.88 Å². The fraction of sp³-hybridized carbons (Fsp3) is 0.600. The predicted molar refractivity (Wildman–Crippen MR) is 79.6 cm³/mol. The maximum Gasteiger partial charge on any atom is 0.339 e. The van der Waals surface area contributed by atoms with Gasteiger partial charge in [0.1, 0.15) is 11.4 Å². The third-order valence-electron chi connectivity index (χ3n) is 3.86. The second-order valence-electron chi connectivity index (χ2n) is 5.74. The first-order valence-corrected chi connectivity index (χ1v) is 7.07. The van der Waals surface area contributed by atoms with Crippen LogP contribution in [0.15, 0.2) is 6.07 Å². The number of carbonyl (C=O) groups is 1. The summed E-state index contributed by atoms with van der Waals surface area (Å²) in [7, 11) is 2.10. The first-order valence-electron chi connectivity index (χ1n) is 7.07. The van der Waals surface area contributed by atoms with Gasteiger partial charge >= 0.3 is 5.97 Å². The molecule has 1 aromatic heterocycles. The molecular formula is C15H23N3O2. The van der Waals surface area contributed by atoms with Crippen LogP contribution in [0.1, 0.15) is 35.0 Å². The molecule has 1 fully saturated rings. The first kappa shape index (κ1) is 14.8. The molecule has 1 saturated heterocycles. The number of hydrogen-bond donors (Lipinski definition) is 1. The van der Waals surface area contributed by atoms with E-state index >= 15 is 0 Å². The number of carboxylic acid groups (broad SMARTS) is 1. The number of pyridine rings is 1. The fourth-order valence-electron chi connectivity index (χ4n) is 2.98. The zero-order valence-electron chi connectivity index (χ0n) is 12.7. The maximum atomic E-state index is 11.6. The molecule has 1 N–H and O–H groups in total. The summed E-state index contributed by atoms with van der Waals surface area (Å²) in [4.78, 5) is 20.5. The highest BCUT2D eigenvalue weighted by Crippen LogP contribution is 2.26. The topological polar surface area (TPSA) is 56.7 Å². The smallest absolute Gasteiger partial charge is 0.339 e. The van der Waals surface area contributed by atoms with Gasteiger partial charge in [-0.3, -0.25) is 0 Å². The largest absolute Gasteiger partial charge is 0.478 e. The van der Waals surface area contributed by atoms with E-state index in [1.807, 2.05) is 19.9 Å². The number of aryl methyl sites for hydroxylation is 2. The van der Waals surface area contributed by atoms with Crippen molar-refractivity contribution in [2.24, 2.45) is 0 Å². The van der Waals surface area contributed by atoms with Crippen LogP contribution in [0.4, 0.5) is 5.82 Å². The first-order chi connectivity index (χ1) is 9.40. The standard InChI is InChI=1S/C15H23N3O2/c1-10-8-11(2)16-14(13(10)15(19)20)18-7-5-6-17(4)9-12(18)3/h8,12H,5-7,9H2,1-4H3,(H,19,20). The molecule has 0 aromatic carbocycles. The minimum absolute atomic E-state index is 0.259. The van der Waals surface area contributed by atoms with Crippen LogP contribution in [-0.4, -0.2) is 53.7 Å². The normalized spacial score (nSPS) is 20.8. The minimum Gasteiger partial charge on any atom is -0.478 e. The van der Waals surface area contributed by atoms with E-state index in [1.54, 1.807) is 0 Å². The number of hydrogen-bond acceptors (Lipinski definition) is 4. The number of aromatic nitrogens is 1. The molecule has 0 bridgehead atoms. The molecule has 0 saturated carbocycles. The van der Waals surface area contributed by atoms with Gasteiger partial charge in [0.2, 0.25) is 0 Å². The van der Waals surface area contributed by atoms with Crippen LogP contribution in [-0.2, 0) is 0 Å². The van der Waals surface area contributed by atoms with Crippen molar-refractivity contribution >= 4 is 11.8 Å². The fourth-order valence-corrected chi connectivity index (χ4v) is 2.98. The molecular weight excluding hydrogens is 254 g/mol. The monoisotopic (exact) mass is 277 g/mol. The van der Waals surface area contributed by atoms with Crippen LogP contribution in [0.5, 0.6) is 0 Å². The van der Waals surface area contributed by atoms with Gasteiger partial charge in [-0.05, 0) is 52.4 Å². The Balaban J connectivity index is 2.47. The van der Waals surface area contributed by atoms with E-state index in [1.165, 1.54) is 0 Å². The molecule has 2 heterocycles. The van der Waals surface area contributed by atoms with Crippen molar-refractivity contribution < 1.29 is 9.90 Å². The van der Waals surface area contributed by atoms with Crippen molar-refractivity contribution in [3.05, 3.63) is 22.9 Å². The zero-order valence-corrected chi connectivity index (χ0v) is 12.7. The van der Waals surface area contributed by atoms with E-state index < -0.39 is 5.97 Å². The van der Waals surface area contributed by atoms with Crippen LogP contribution in [0, 0.1) is 13.8 Å². The summed E-state index contributed by atoms with van der Waals surface area (Å²) >= 11 is 0. The molecule has 1 aromatic rings. The lowest BCUT2D eigenvalue weighted by atomic mass is 10.1. The molecule has 1 atom stereocenters. The Hall–Kier alpha value is -1.62. The number of nitrogens with zero attached hydrogens (tertiary/aromatic N) is 3. The molecule has 2 rings (SSSR count). The molecule has 0 aliphatic carbocycles. The summed E-state index contributed by atoms with van der Waals surface area (Å²) in [6.45, 7) is 8.70. The summed E-state index contributed by atoms with van der Waals surface area (Å²) in [5.74, 6) is -0.271. The lowest BCUT2D eigenvalue weighted by Gasteiger charge is -2.30. The SMILES string of the molecule is Cc1cc(C)c(C(=O)O)c(N2CCCN(C)CC2C)n1. The summed E-state index contributed by atoms with van der Waals surface area (Å²) in [5.41, 5.74) is 1.99. The highest BCUT2D eigenvalue weighted by Gasteiger charge is 2.26. The van der Waals surface area contributed by atoms with Crippen LogP contribution >= 0.6 is 0 Å². The second kappa shape index (κ2) is 5.79. The quantitative estimate of drug-likeness (QED) is 0.895. The molecule has 0 amide bonds. The van der Waals surface area contributed by atoms with E-state index in [2.05, 4.69) is 28.8 Å². The molecule has 5 nitrogen and oxygen atoms in total. The number of anilines is 1. The Morgan fingerprint density at radius 2 is 2.10 bits per heavy atom. The van der Waals surface area contributed by atoms with Crippen molar-refractivity contribution in [3.63, 3.8) is 0 Å². The van der Waals surface area contributed by atoms with E-state index in [0.29, 0.717) is 11.4 Å². The Morgan fingerprint density at radius 3 is 2.75 bits per heavy atom. The number of rotatable bonds is 2. The summed E-state index contributed by atoms with van der Waals surface area (Å²) < 4.78 is 0. The molecule has 0 spiro atoms. The molecule has 5 heteroatoms. The van der Waals surface area contributed by atoms with E-state index in [0.717, 1.165) is 37.3 Å². The Kier molecular flexibility index (Phi) is 4.28. The highest BCUT2D eigenvalue weighted by atomic mass is 16.4. The average molecular weight is 277 g/mol. The zero-order chi connectivity index (χ0) is 14.9. The second-order valence-corrected chi connectivity index (χ2v) is 5.74. The Labute approximate surface area is 120 Å². The molecule has 1 aliphatic heterocycles. The molecule has 0 radical (unpaired) electrons. The van der Waals surface area contributed by atoms with Gasteiger partial charge in [0.05, 0.1) is 0 Å². The molecule has 1 unspecified atom stereocenters. The van der Waals surface area contributed by atoms with Gasteiger partial charge in [0, 0.05) is 24.8 Å². The summed E-state index contributed by atoms with van der Waals surface area (Å²) in [6, 6.07) is 2.09. The summed E-state index contributed by atoms with van der Waals surface area (Å²) in [6.07, 6.45) is 1.02. The van der Waals surface area contributed by atoms with E-state index in [9.17, 15) is 9.90 Å². The van der Waals surface area contributed by atoms with E-state index in [-0.39, 0.29) is 6.04 Å². The highest BCUT2D eigenvalue weighted by molar-refractivity contribution is 5.95. The van der Waals surface area contributed by atoms with Crippen LogP contribution in [0.25, 0.3) is 0 Å². The molecule has 20 heavy (non-hydrogen) atoms.